The predicted octanol–water partition coefficient (Wildman–Crippen LogP) is 1.58. The second kappa shape index (κ2) is 7.88. The summed E-state index contributed by atoms with van der Waals surface area (Å²) in [6, 6.07) is 8.03. The number of benzene rings is 1. The number of hydrogen-bond acceptors (Lipinski definition) is 3. The number of ether oxygens (including phenoxy) is 1. The molecule has 21 heavy (non-hydrogen) atoms. The van der Waals surface area contributed by atoms with Crippen molar-refractivity contribution in [3.8, 4) is 5.75 Å². The average Bonchev–Trinajstić information content (AvgIpc) is 2.52. The molecule has 0 aromatic heterocycles. The second-order valence-electron chi connectivity index (χ2n) is 5.33. The molecule has 0 saturated carbocycles. The van der Waals surface area contributed by atoms with E-state index < -0.39 is 0 Å². The average molecular weight is 291 g/mol. The summed E-state index contributed by atoms with van der Waals surface area (Å²) in [4.78, 5) is 16.1. The Labute approximate surface area is 126 Å². The highest BCUT2D eigenvalue weighted by molar-refractivity contribution is 5.74. The van der Waals surface area contributed by atoms with Crippen molar-refractivity contribution < 1.29 is 9.53 Å². The SMILES string of the molecule is CCc1ccccc1OCCNC(=O)N1CCN(C)CC1. The Hall–Kier alpha value is -1.75. The first-order valence-electron chi connectivity index (χ1n) is 7.62. The van der Waals surface area contributed by atoms with Gasteiger partial charge >= 0.3 is 6.03 Å². The van der Waals surface area contributed by atoms with E-state index in [0.717, 1.165) is 38.3 Å². The zero-order valence-corrected chi connectivity index (χ0v) is 13.0. The third kappa shape index (κ3) is 4.63. The van der Waals surface area contributed by atoms with Crippen molar-refractivity contribution in [3.63, 3.8) is 0 Å². The monoisotopic (exact) mass is 291 g/mol. The van der Waals surface area contributed by atoms with Crippen molar-refractivity contribution in [1.82, 2.24) is 15.1 Å². The lowest BCUT2D eigenvalue weighted by Gasteiger charge is -2.32. The van der Waals surface area contributed by atoms with Crippen molar-refractivity contribution in [3.05, 3.63) is 29.8 Å². The largest absolute Gasteiger partial charge is 0.491 e. The molecule has 1 aromatic carbocycles. The lowest BCUT2D eigenvalue weighted by Crippen LogP contribution is -2.51. The van der Waals surface area contributed by atoms with Crippen molar-refractivity contribution in [2.45, 2.75) is 13.3 Å². The van der Waals surface area contributed by atoms with Gasteiger partial charge in [-0.3, -0.25) is 0 Å². The Morgan fingerprint density at radius 3 is 2.67 bits per heavy atom. The number of nitrogens with one attached hydrogen (secondary N) is 1. The molecule has 116 valence electrons. The highest BCUT2D eigenvalue weighted by Crippen LogP contribution is 2.17. The molecule has 1 aromatic rings. The molecule has 1 aliphatic rings. The van der Waals surface area contributed by atoms with Crippen LogP contribution in [0.4, 0.5) is 4.79 Å². The topological polar surface area (TPSA) is 44.8 Å². The van der Waals surface area contributed by atoms with Crippen LogP contribution in [-0.2, 0) is 6.42 Å². The molecular weight excluding hydrogens is 266 g/mol. The number of rotatable bonds is 5. The van der Waals surface area contributed by atoms with Gasteiger partial charge in [-0.2, -0.15) is 0 Å². The van der Waals surface area contributed by atoms with E-state index in [4.69, 9.17) is 4.74 Å². The van der Waals surface area contributed by atoms with E-state index >= 15 is 0 Å². The van der Waals surface area contributed by atoms with Crippen molar-refractivity contribution in [2.75, 3.05) is 46.4 Å². The molecule has 1 saturated heterocycles. The van der Waals surface area contributed by atoms with E-state index in [1.807, 2.05) is 23.1 Å². The van der Waals surface area contributed by atoms with Gasteiger partial charge in [-0.1, -0.05) is 25.1 Å². The van der Waals surface area contributed by atoms with Gasteiger partial charge in [0, 0.05) is 26.2 Å². The Morgan fingerprint density at radius 1 is 1.24 bits per heavy atom. The molecule has 0 atom stereocenters. The molecule has 1 N–H and O–H groups in total. The molecule has 0 spiro atoms. The second-order valence-corrected chi connectivity index (χ2v) is 5.33. The van der Waals surface area contributed by atoms with Crippen molar-refractivity contribution in [2.24, 2.45) is 0 Å². The van der Waals surface area contributed by atoms with Crippen molar-refractivity contribution in [1.29, 1.82) is 0 Å². The van der Waals surface area contributed by atoms with Gasteiger partial charge in [0.15, 0.2) is 0 Å². The highest BCUT2D eigenvalue weighted by atomic mass is 16.5. The first-order valence-corrected chi connectivity index (χ1v) is 7.62. The van der Waals surface area contributed by atoms with E-state index in [2.05, 4.69) is 30.3 Å². The maximum Gasteiger partial charge on any atom is 0.317 e. The van der Waals surface area contributed by atoms with E-state index in [1.165, 1.54) is 5.56 Å². The fraction of sp³-hybridized carbons (Fsp3) is 0.562. The third-order valence-electron chi connectivity index (χ3n) is 3.78. The number of para-hydroxylation sites is 1. The maximum atomic E-state index is 12.0. The summed E-state index contributed by atoms with van der Waals surface area (Å²) < 4.78 is 5.74. The number of carbonyl (C=O) groups excluding carboxylic acids is 1. The minimum absolute atomic E-state index is 0.00970. The zero-order chi connectivity index (χ0) is 15.1. The first-order chi connectivity index (χ1) is 10.2. The maximum absolute atomic E-state index is 12.0. The van der Waals surface area contributed by atoms with Gasteiger partial charge in [-0.05, 0) is 25.1 Å². The van der Waals surface area contributed by atoms with Gasteiger partial charge in [-0.25, -0.2) is 4.79 Å². The normalized spacial score (nSPS) is 15.8. The summed E-state index contributed by atoms with van der Waals surface area (Å²) in [7, 11) is 2.08. The van der Waals surface area contributed by atoms with E-state index in [-0.39, 0.29) is 6.03 Å². The van der Waals surface area contributed by atoms with E-state index in [9.17, 15) is 4.79 Å². The smallest absolute Gasteiger partial charge is 0.317 e. The number of hydrogen-bond donors (Lipinski definition) is 1. The lowest BCUT2D eigenvalue weighted by atomic mass is 10.1. The number of nitrogens with zero attached hydrogens (tertiary/aromatic N) is 2. The zero-order valence-electron chi connectivity index (χ0n) is 13.0. The molecule has 0 unspecified atom stereocenters. The van der Waals surface area contributed by atoms with Crippen LogP contribution in [0.2, 0.25) is 0 Å². The van der Waals surface area contributed by atoms with Crippen LogP contribution in [0.1, 0.15) is 12.5 Å². The van der Waals surface area contributed by atoms with Gasteiger partial charge in [0.1, 0.15) is 12.4 Å². The molecule has 2 amide bonds. The van der Waals surface area contributed by atoms with Crippen LogP contribution in [0.5, 0.6) is 5.75 Å². The molecule has 0 bridgehead atoms. The van der Waals surface area contributed by atoms with E-state index in [1.54, 1.807) is 0 Å². The molecule has 5 heteroatoms. The Bertz CT molecular complexity index is 457. The number of aryl methyl sites for hydroxylation is 1. The fourth-order valence-electron chi connectivity index (χ4n) is 2.38. The number of urea groups is 1. The van der Waals surface area contributed by atoms with Gasteiger partial charge in [0.05, 0.1) is 6.54 Å². The summed E-state index contributed by atoms with van der Waals surface area (Å²) >= 11 is 0. The van der Waals surface area contributed by atoms with Crippen LogP contribution in [0, 0.1) is 0 Å². The van der Waals surface area contributed by atoms with Crippen LogP contribution in [0.3, 0.4) is 0 Å². The van der Waals surface area contributed by atoms with Gasteiger partial charge in [0.25, 0.3) is 0 Å². The number of likely N-dealkylation sites (N-methyl/N-ethyl adjacent to an activating group) is 1. The Kier molecular flexibility index (Phi) is 5.87. The molecule has 5 nitrogen and oxygen atoms in total. The summed E-state index contributed by atoms with van der Waals surface area (Å²) in [5.74, 6) is 0.911. The quantitative estimate of drug-likeness (QED) is 0.838. The van der Waals surface area contributed by atoms with Crippen LogP contribution < -0.4 is 10.1 Å². The summed E-state index contributed by atoms with van der Waals surface area (Å²) in [5, 5.41) is 2.92. The van der Waals surface area contributed by atoms with Gasteiger partial charge in [0.2, 0.25) is 0 Å². The molecule has 2 rings (SSSR count). The molecule has 0 radical (unpaired) electrons. The molecular formula is C16H25N3O2. The first kappa shape index (κ1) is 15.6. The molecule has 0 aliphatic carbocycles. The third-order valence-corrected chi connectivity index (χ3v) is 3.78. The van der Waals surface area contributed by atoms with Crippen LogP contribution in [0.25, 0.3) is 0 Å². The fourth-order valence-corrected chi connectivity index (χ4v) is 2.38. The minimum Gasteiger partial charge on any atom is -0.491 e. The minimum atomic E-state index is 0.00970. The summed E-state index contributed by atoms with van der Waals surface area (Å²) in [5.41, 5.74) is 1.20. The standard InChI is InChI=1S/C16H25N3O2/c1-3-14-6-4-5-7-15(14)21-13-8-17-16(20)19-11-9-18(2)10-12-19/h4-7H,3,8-13H2,1-2H3,(H,17,20). The molecule has 1 aliphatic heterocycles. The van der Waals surface area contributed by atoms with Gasteiger partial charge in [-0.15, -0.1) is 0 Å². The summed E-state index contributed by atoms with van der Waals surface area (Å²) in [6.07, 6.45) is 0.948. The van der Waals surface area contributed by atoms with E-state index in [0.29, 0.717) is 13.2 Å². The Morgan fingerprint density at radius 2 is 1.95 bits per heavy atom. The number of amides is 2. The van der Waals surface area contributed by atoms with Crippen LogP contribution in [-0.4, -0.2) is 62.2 Å². The predicted molar refractivity (Wildman–Crippen MR) is 83.8 cm³/mol. The van der Waals surface area contributed by atoms with Crippen LogP contribution in [0.15, 0.2) is 24.3 Å². The number of carbonyl (C=O) groups is 1. The highest BCUT2D eigenvalue weighted by Gasteiger charge is 2.18. The lowest BCUT2D eigenvalue weighted by molar-refractivity contribution is 0.153. The van der Waals surface area contributed by atoms with Crippen LogP contribution >= 0.6 is 0 Å². The Balaban J connectivity index is 1.68. The molecule has 1 heterocycles. The number of piperazine rings is 1. The van der Waals surface area contributed by atoms with Crippen molar-refractivity contribution >= 4 is 6.03 Å². The van der Waals surface area contributed by atoms with Gasteiger partial charge < -0.3 is 19.9 Å². The summed E-state index contributed by atoms with van der Waals surface area (Å²) in [6.45, 7) is 6.60. The molecule has 1 fully saturated rings.